The zero-order valence-corrected chi connectivity index (χ0v) is 12.5. The van der Waals surface area contributed by atoms with Gasteiger partial charge in [-0.25, -0.2) is 0 Å². The van der Waals surface area contributed by atoms with E-state index in [1.807, 2.05) is 25.1 Å². The van der Waals surface area contributed by atoms with Gasteiger partial charge in [-0.3, -0.25) is 4.79 Å². The lowest BCUT2D eigenvalue weighted by Crippen LogP contribution is -2.56. The standard InChI is InChI=1S/C18H22N2O/c1-18(11-4-5-12-20-18)17(21)19-13-15-9-6-8-14-7-2-3-10-16(14)15/h2-3,6-10,20H,4-5,11-13H2,1H3,(H,19,21). The smallest absolute Gasteiger partial charge is 0.240 e. The number of carbonyl (C=O) groups is 1. The Morgan fingerprint density at radius 1 is 1.19 bits per heavy atom. The normalized spacial score (nSPS) is 22.1. The molecule has 110 valence electrons. The van der Waals surface area contributed by atoms with Crippen LogP contribution >= 0.6 is 0 Å². The zero-order chi connectivity index (χ0) is 14.7. The van der Waals surface area contributed by atoms with Crippen molar-refractivity contribution >= 4 is 16.7 Å². The predicted octanol–water partition coefficient (Wildman–Crippen LogP) is 2.99. The molecule has 1 unspecified atom stereocenters. The first kappa shape index (κ1) is 14.1. The molecule has 0 aliphatic carbocycles. The lowest BCUT2D eigenvalue weighted by molar-refractivity contribution is -0.128. The summed E-state index contributed by atoms with van der Waals surface area (Å²) in [4.78, 5) is 12.5. The maximum atomic E-state index is 12.5. The van der Waals surface area contributed by atoms with E-state index in [1.165, 1.54) is 16.3 Å². The SMILES string of the molecule is CC1(C(=O)NCc2cccc3ccccc23)CCCCN1. The minimum atomic E-state index is -0.414. The van der Waals surface area contributed by atoms with Crippen molar-refractivity contribution in [3.63, 3.8) is 0 Å². The van der Waals surface area contributed by atoms with Crippen LogP contribution in [0.2, 0.25) is 0 Å². The van der Waals surface area contributed by atoms with Gasteiger partial charge in [-0.2, -0.15) is 0 Å². The average molecular weight is 282 g/mol. The molecule has 2 aromatic carbocycles. The van der Waals surface area contributed by atoms with Gasteiger partial charge >= 0.3 is 0 Å². The molecule has 3 heteroatoms. The van der Waals surface area contributed by atoms with Gasteiger partial charge in [0.25, 0.3) is 0 Å². The highest BCUT2D eigenvalue weighted by Crippen LogP contribution is 2.21. The van der Waals surface area contributed by atoms with Crippen molar-refractivity contribution in [3.05, 3.63) is 48.0 Å². The molecule has 3 nitrogen and oxygen atoms in total. The van der Waals surface area contributed by atoms with Gasteiger partial charge in [0.15, 0.2) is 0 Å². The molecule has 1 atom stereocenters. The molecule has 2 N–H and O–H groups in total. The summed E-state index contributed by atoms with van der Waals surface area (Å²) in [5, 5.41) is 8.88. The van der Waals surface area contributed by atoms with Gasteiger partial charge in [0.05, 0.1) is 5.54 Å². The predicted molar refractivity (Wildman–Crippen MR) is 86.1 cm³/mol. The number of hydrogen-bond donors (Lipinski definition) is 2. The van der Waals surface area contributed by atoms with Crippen LogP contribution in [0.15, 0.2) is 42.5 Å². The van der Waals surface area contributed by atoms with Crippen LogP contribution in [0.1, 0.15) is 31.7 Å². The van der Waals surface area contributed by atoms with Crippen LogP contribution in [0.25, 0.3) is 10.8 Å². The molecule has 0 radical (unpaired) electrons. The van der Waals surface area contributed by atoms with Gasteiger partial charge in [-0.15, -0.1) is 0 Å². The van der Waals surface area contributed by atoms with E-state index in [1.54, 1.807) is 0 Å². The molecule has 1 aliphatic rings. The maximum absolute atomic E-state index is 12.5. The third-order valence-corrected chi connectivity index (χ3v) is 4.44. The summed E-state index contributed by atoms with van der Waals surface area (Å²) < 4.78 is 0. The summed E-state index contributed by atoms with van der Waals surface area (Å²) in [6.45, 7) is 3.51. The summed E-state index contributed by atoms with van der Waals surface area (Å²) in [6, 6.07) is 14.5. The number of fused-ring (bicyclic) bond motifs is 1. The summed E-state index contributed by atoms with van der Waals surface area (Å²) in [6.07, 6.45) is 3.19. The van der Waals surface area contributed by atoms with Crippen molar-refractivity contribution in [2.75, 3.05) is 6.54 Å². The molecule has 1 aliphatic heterocycles. The Kier molecular flexibility index (Phi) is 3.93. The Labute approximate surface area is 125 Å². The van der Waals surface area contributed by atoms with Crippen molar-refractivity contribution in [2.24, 2.45) is 0 Å². The van der Waals surface area contributed by atoms with E-state index in [0.717, 1.165) is 25.8 Å². The Morgan fingerprint density at radius 3 is 2.81 bits per heavy atom. The molecule has 21 heavy (non-hydrogen) atoms. The molecule has 0 saturated carbocycles. The van der Waals surface area contributed by atoms with Crippen molar-refractivity contribution in [1.82, 2.24) is 10.6 Å². The molecule has 1 fully saturated rings. The second-order valence-electron chi connectivity index (χ2n) is 6.04. The molecule has 1 heterocycles. The monoisotopic (exact) mass is 282 g/mol. The van der Waals surface area contributed by atoms with Crippen LogP contribution in [-0.4, -0.2) is 18.0 Å². The first-order chi connectivity index (χ1) is 10.2. The molecule has 3 rings (SSSR count). The quantitative estimate of drug-likeness (QED) is 0.908. The van der Waals surface area contributed by atoms with Crippen LogP contribution in [0, 0.1) is 0 Å². The van der Waals surface area contributed by atoms with Gasteiger partial charge in [-0.05, 0) is 49.1 Å². The van der Waals surface area contributed by atoms with Gasteiger partial charge in [0.2, 0.25) is 5.91 Å². The van der Waals surface area contributed by atoms with Crippen molar-refractivity contribution in [3.8, 4) is 0 Å². The van der Waals surface area contributed by atoms with E-state index in [0.29, 0.717) is 6.54 Å². The van der Waals surface area contributed by atoms with E-state index in [4.69, 9.17) is 0 Å². The average Bonchev–Trinajstić information content (AvgIpc) is 2.53. The summed E-state index contributed by atoms with van der Waals surface area (Å²) in [7, 11) is 0. The summed E-state index contributed by atoms with van der Waals surface area (Å²) in [5.74, 6) is 0.107. The molecule has 2 aromatic rings. The Hall–Kier alpha value is -1.87. The van der Waals surface area contributed by atoms with Gasteiger partial charge in [0, 0.05) is 6.54 Å². The van der Waals surface area contributed by atoms with Gasteiger partial charge in [-0.1, -0.05) is 42.5 Å². The fourth-order valence-corrected chi connectivity index (χ4v) is 3.07. The zero-order valence-electron chi connectivity index (χ0n) is 12.5. The highest BCUT2D eigenvalue weighted by molar-refractivity contribution is 5.88. The van der Waals surface area contributed by atoms with Gasteiger partial charge in [0.1, 0.15) is 0 Å². The van der Waals surface area contributed by atoms with Crippen LogP contribution < -0.4 is 10.6 Å². The third kappa shape index (κ3) is 2.93. The molecule has 1 amide bonds. The minimum Gasteiger partial charge on any atom is -0.350 e. The lowest BCUT2D eigenvalue weighted by Gasteiger charge is -2.33. The van der Waals surface area contributed by atoms with Crippen LogP contribution in [0.3, 0.4) is 0 Å². The number of carbonyl (C=O) groups excluding carboxylic acids is 1. The topological polar surface area (TPSA) is 41.1 Å². The Balaban J connectivity index is 1.73. The van der Waals surface area contributed by atoms with E-state index < -0.39 is 5.54 Å². The first-order valence-corrected chi connectivity index (χ1v) is 7.69. The molecule has 0 aromatic heterocycles. The largest absolute Gasteiger partial charge is 0.350 e. The lowest BCUT2D eigenvalue weighted by atomic mass is 9.90. The van der Waals surface area contributed by atoms with Crippen LogP contribution in [0.5, 0.6) is 0 Å². The molecular weight excluding hydrogens is 260 g/mol. The van der Waals surface area contributed by atoms with E-state index in [-0.39, 0.29) is 5.91 Å². The van der Waals surface area contributed by atoms with Gasteiger partial charge < -0.3 is 10.6 Å². The molecule has 0 bridgehead atoms. The number of amides is 1. The second-order valence-corrected chi connectivity index (χ2v) is 6.04. The summed E-state index contributed by atoms with van der Waals surface area (Å²) >= 11 is 0. The van der Waals surface area contributed by atoms with Crippen LogP contribution in [-0.2, 0) is 11.3 Å². The number of nitrogens with one attached hydrogen (secondary N) is 2. The number of hydrogen-bond acceptors (Lipinski definition) is 2. The fourth-order valence-electron chi connectivity index (χ4n) is 3.07. The maximum Gasteiger partial charge on any atom is 0.240 e. The minimum absolute atomic E-state index is 0.107. The highest BCUT2D eigenvalue weighted by Gasteiger charge is 2.33. The second kappa shape index (κ2) is 5.86. The number of piperidine rings is 1. The highest BCUT2D eigenvalue weighted by atomic mass is 16.2. The molecule has 0 spiro atoms. The molecular formula is C18H22N2O. The summed E-state index contributed by atoms with van der Waals surface area (Å²) in [5.41, 5.74) is 0.754. The first-order valence-electron chi connectivity index (χ1n) is 7.69. The van der Waals surface area contributed by atoms with Crippen LogP contribution in [0.4, 0.5) is 0 Å². The third-order valence-electron chi connectivity index (χ3n) is 4.44. The van der Waals surface area contributed by atoms with Crippen molar-refractivity contribution in [2.45, 2.75) is 38.3 Å². The van der Waals surface area contributed by atoms with Crippen molar-refractivity contribution < 1.29 is 4.79 Å². The van der Waals surface area contributed by atoms with Crippen molar-refractivity contribution in [1.29, 1.82) is 0 Å². The van der Waals surface area contributed by atoms with E-state index in [9.17, 15) is 4.79 Å². The Bertz CT molecular complexity index is 639. The molecule has 1 saturated heterocycles. The number of rotatable bonds is 3. The van der Waals surface area contributed by atoms with E-state index >= 15 is 0 Å². The fraction of sp³-hybridized carbons (Fsp3) is 0.389. The van der Waals surface area contributed by atoms with E-state index in [2.05, 4.69) is 34.9 Å². The number of benzene rings is 2. The Morgan fingerprint density at radius 2 is 2.00 bits per heavy atom.